The predicted octanol–water partition coefficient (Wildman–Crippen LogP) is 9.40. The van der Waals surface area contributed by atoms with Crippen molar-refractivity contribution in [1.29, 1.82) is 0 Å². The fourth-order valence-corrected chi connectivity index (χ4v) is 7.72. The summed E-state index contributed by atoms with van der Waals surface area (Å²) in [6.45, 7) is 5.94. The molecule has 0 aliphatic heterocycles. The fraction of sp³-hybridized carbons (Fsp3) is 0.0508. The van der Waals surface area contributed by atoms with Gasteiger partial charge in [0.1, 0.15) is 0 Å². The molecule has 0 spiro atoms. The lowest BCUT2D eigenvalue weighted by Crippen LogP contribution is -2.11. The summed E-state index contributed by atoms with van der Waals surface area (Å²) < 4.78 is 0. The van der Waals surface area contributed by atoms with Crippen LogP contribution in [0.2, 0.25) is 0 Å². The average Bonchev–Trinajstić information content (AvgIpc) is 4.45. The molecule has 410 valence electrons. The van der Waals surface area contributed by atoms with Crippen molar-refractivity contribution in [1.82, 2.24) is 82.5 Å². The van der Waals surface area contributed by atoms with E-state index in [1.165, 1.54) is 0 Å². The van der Waals surface area contributed by atoms with Crippen LogP contribution in [0, 0.1) is 20.8 Å². The SMILES string of the molecule is Cc1cccc(NC(=O)c2ccc(-c3nn[nH]n3)cc2)c1.Cc1cccc(NC(=O)c2ccc(-c3nn[nH]n3)cc2)c1.Cc1cccc(NC(=O)c2ccc(-c3nn[nH]n3)cc2)c1.O=C(Nc1ccccc1)c1ccc(-c2nn[nH]n2)cc1. The van der Waals surface area contributed by atoms with E-state index in [9.17, 15) is 19.2 Å². The minimum absolute atomic E-state index is 0.153. The van der Waals surface area contributed by atoms with Crippen LogP contribution in [0.1, 0.15) is 58.1 Å². The maximum Gasteiger partial charge on any atom is 0.255 e. The Bertz CT molecular complexity index is 3680. The Morgan fingerprint density at radius 3 is 0.759 bits per heavy atom. The number of tetrazole rings is 4. The van der Waals surface area contributed by atoms with Crippen LogP contribution in [0.25, 0.3) is 45.6 Å². The molecular formula is C59H50N20O4. The Morgan fingerprint density at radius 2 is 0.530 bits per heavy atom. The molecule has 0 atom stereocenters. The number of benzene rings is 8. The van der Waals surface area contributed by atoms with Crippen LogP contribution in [0.4, 0.5) is 22.7 Å². The third kappa shape index (κ3) is 16.0. The van der Waals surface area contributed by atoms with Crippen LogP contribution in [0.5, 0.6) is 0 Å². The zero-order chi connectivity index (χ0) is 57.8. The van der Waals surface area contributed by atoms with E-state index >= 15 is 0 Å². The minimum Gasteiger partial charge on any atom is -0.322 e. The van der Waals surface area contributed by atoms with Crippen molar-refractivity contribution in [2.75, 3.05) is 21.3 Å². The molecule has 4 aromatic heterocycles. The molecule has 0 saturated carbocycles. The number of aromatic nitrogens is 16. The second-order valence-electron chi connectivity index (χ2n) is 18.0. The lowest BCUT2D eigenvalue weighted by Gasteiger charge is -2.06. The Labute approximate surface area is 473 Å². The van der Waals surface area contributed by atoms with Gasteiger partial charge in [-0.1, -0.05) is 103 Å². The van der Waals surface area contributed by atoms with Crippen molar-refractivity contribution in [2.45, 2.75) is 20.8 Å². The monoisotopic (exact) mass is 1100 g/mol. The summed E-state index contributed by atoms with van der Waals surface area (Å²) in [6, 6.07) is 60.5. The van der Waals surface area contributed by atoms with Crippen molar-refractivity contribution < 1.29 is 19.2 Å². The highest BCUT2D eigenvalue weighted by Gasteiger charge is 2.13. The number of hydrogen-bond donors (Lipinski definition) is 8. The summed E-state index contributed by atoms with van der Waals surface area (Å²) in [6.07, 6.45) is 0. The zero-order valence-electron chi connectivity index (χ0n) is 44.6. The van der Waals surface area contributed by atoms with Crippen LogP contribution < -0.4 is 21.3 Å². The first-order valence-corrected chi connectivity index (χ1v) is 25.4. The topological polar surface area (TPSA) is 334 Å². The second-order valence-corrected chi connectivity index (χ2v) is 18.0. The van der Waals surface area contributed by atoms with Crippen LogP contribution in [0.15, 0.2) is 200 Å². The van der Waals surface area contributed by atoms with Gasteiger partial charge in [-0.3, -0.25) is 19.2 Å². The second kappa shape index (κ2) is 27.5. The number of carbonyl (C=O) groups is 4. The Kier molecular flexibility index (Phi) is 18.4. The summed E-state index contributed by atoms with van der Waals surface area (Å²) in [5.74, 6) is 1.39. The molecule has 4 amide bonds. The largest absolute Gasteiger partial charge is 0.322 e. The average molecular weight is 1100 g/mol. The van der Waals surface area contributed by atoms with E-state index in [1.807, 2.05) is 124 Å². The third-order valence-electron chi connectivity index (χ3n) is 11.9. The molecule has 12 aromatic rings. The number of aromatic amines is 4. The number of para-hydroxylation sites is 1. The van der Waals surface area contributed by atoms with Gasteiger partial charge >= 0.3 is 0 Å². The van der Waals surface area contributed by atoms with E-state index in [0.717, 1.165) is 61.7 Å². The molecule has 24 nitrogen and oxygen atoms in total. The summed E-state index contributed by atoms with van der Waals surface area (Å²) >= 11 is 0. The maximum atomic E-state index is 12.2. The molecule has 12 rings (SSSR count). The van der Waals surface area contributed by atoms with E-state index in [2.05, 4.69) is 104 Å². The van der Waals surface area contributed by atoms with E-state index in [4.69, 9.17) is 0 Å². The van der Waals surface area contributed by atoms with Gasteiger partial charge in [0.15, 0.2) is 0 Å². The van der Waals surface area contributed by atoms with Gasteiger partial charge in [-0.2, -0.15) is 20.9 Å². The van der Waals surface area contributed by atoms with Crippen molar-refractivity contribution in [3.05, 3.63) is 239 Å². The highest BCUT2D eigenvalue weighted by Crippen LogP contribution is 2.21. The molecule has 24 heteroatoms. The van der Waals surface area contributed by atoms with Crippen LogP contribution in [0.3, 0.4) is 0 Å². The molecule has 8 N–H and O–H groups in total. The molecule has 0 bridgehead atoms. The number of anilines is 4. The molecule has 0 radical (unpaired) electrons. The summed E-state index contributed by atoms with van der Waals surface area (Å²) in [4.78, 5) is 48.5. The molecule has 8 aromatic carbocycles. The summed E-state index contributed by atoms with van der Waals surface area (Å²) in [7, 11) is 0. The van der Waals surface area contributed by atoms with Gasteiger partial charge in [-0.25, -0.2) is 0 Å². The zero-order valence-corrected chi connectivity index (χ0v) is 44.6. The van der Waals surface area contributed by atoms with Gasteiger partial charge in [0.2, 0.25) is 23.3 Å². The van der Waals surface area contributed by atoms with Crippen LogP contribution in [-0.2, 0) is 0 Å². The van der Waals surface area contributed by atoms with Crippen molar-refractivity contribution in [2.24, 2.45) is 0 Å². The lowest BCUT2D eigenvalue weighted by atomic mass is 10.1. The highest BCUT2D eigenvalue weighted by atomic mass is 16.2. The van der Waals surface area contributed by atoms with E-state index < -0.39 is 0 Å². The van der Waals surface area contributed by atoms with Crippen molar-refractivity contribution in [3.63, 3.8) is 0 Å². The van der Waals surface area contributed by atoms with Gasteiger partial charge in [-0.05, 0) is 155 Å². The van der Waals surface area contributed by atoms with E-state index in [-0.39, 0.29) is 23.6 Å². The van der Waals surface area contributed by atoms with Crippen LogP contribution >= 0.6 is 0 Å². The van der Waals surface area contributed by atoms with Crippen molar-refractivity contribution >= 4 is 46.4 Å². The standard InChI is InChI=1S/3C15H13N5O.C14H11N5O/c3*1-10-3-2-4-13(9-10)16-15(21)12-7-5-11(6-8-12)14-17-19-20-18-14;20-14(15-12-4-2-1-3-5-12)11-8-6-10(7-9-11)13-16-18-19-17-13/h3*2-9H,1H3,(H,16,21)(H,17,18,19,20);1-9H,(H,15,20)(H,16,17,18,19). The van der Waals surface area contributed by atoms with Crippen molar-refractivity contribution in [3.8, 4) is 45.6 Å². The molecule has 0 aliphatic rings. The molecule has 0 fully saturated rings. The number of carbonyl (C=O) groups excluding carboxylic acids is 4. The molecule has 0 unspecified atom stereocenters. The minimum atomic E-state index is -0.157. The molecule has 83 heavy (non-hydrogen) atoms. The number of aryl methyl sites for hydroxylation is 3. The molecule has 4 heterocycles. The first-order chi connectivity index (χ1) is 40.5. The predicted molar refractivity (Wildman–Crippen MR) is 310 cm³/mol. The fourth-order valence-electron chi connectivity index (χ4n) is 7.72. The van der Waals surface area contributed by atoms with Gasteiger partial charge in [0, 0.05) is 67.3 Å². The summed E-state index contributed by atoms with van der Waals surface area (Å²) in [5, 5.41) is 66.1. The molecule has 0 aliphatic carbocycles. The highest BCUT2D eigenvalue weighted by molar-refractivity contribution is 6.06. The number of nitrogens with zero attached hydrogens (tertiary/aromatic N) is 12. The number of amides is 4. The summed E-state index contributed by atoms with van der Waals surface area (Å²) in [5.41, 5.74) is 11.9. The number of H-pyrrole nitrogens is 4. The number of nitrogens with one attached hydrogen (secondary N) is 8. The molecular weight excluding hydrogens is 1050 g/mol. The lowest BCUT2D eigenvalue weighted by molar-refractivity contribution is 0.101. The quantitative estimate of drug-likeness (QED) is 0.0564. The molecule has 0 saturated heterocycles. The van der Waals surface area contributed by atoms with E-state index in [1.54, 1.807) is 97.1 Å². The number of rotatable bonds is 12. The van der Waals surface area contributed by atoms with Crippen LogP contribution in [-0.4, -0.2) is 106 Å². The van der Waals surface area contributed by atoms with Gasteiger partial charge < -0.3 is 21.3 Å². The maximum absolute atomic E-state index is 12.2. The van der Waals surface area contributed by atoms with Gasteiger partial charge in [0.05, 0.1) is 0 Å². The Hall–Kier alpha value is -12.1. The number of hydrogen-bond acceptors (Lipinski definition) is 16. The Morgan fingerprint density at radius 1 is 0.289 bits per heavy atom. The Balaban J connectivity index is 0.000000133. The van der Waals surface area contributed by atoms with Gasteiger partial charge in [0.25, 0.3) is 23.6 Å². The smallest absolute Gasteiger partial charge is 0.255 e. The first kappa shape index (κ1) is 55.7. The van der Waals surface area contributed by atoms with E-state index in [0.29, 0.717) is 45.6 Å². The van der Waals surface area contributed by atoms with Gasteiger partial charge in [-0.15, -0.1) is 40.8 Å². The first-order valence-electron chi connectivity index (χ1n) is 25.4. The normalized spacial score (nSPS) is 10.3. The third-order valence-corrected chi connectivity index (χ3v) is 11.9.